The summed E-state index contributed by atoms with van der Waals surface area (Å²) in [5.41, 5.74) is 4.57. The van der Waals surface area contributed by atoms with Gasteiger partial charge in [-0.15, -0.1) is 0 Å². The fourth-order valence-corrected chi connectivity index (χ4v) is 4.32. The van der Waals surface area contributed by atoms with Crippen LogP contribution in [0.15, 0.2) is 52.7 Å². The van der Waals surface area contributed by atoms with E-state index in [1.54, 1.807) is 4.90 Å². The molecule has 1 atom stereocenters. The number of urea groups is 1. The SMILES string of the molecule is CCc1ccc(C2NC(=O)N(CC(C)C)C(C)=C2c2nc(-c3ccc4c(c3)OCO4)no2)cc1. The molecule has 0 radical (unpaired) electrons. The van der Waals surface area contributed by atoms with E-state index >= 15 is 0 Å². The van der Waals surface area contributed by atoms with Crippen LogP contribution in [0.2, 0.25) is 0 Å². The quantitative estimate of drug-likeness (QED) is 0.545. The number of amides is 2. The molecule has 2 aliphatic heterocycles. The van der Waals surface area contributed by atoms with E-state index in [0.717, 1.165) is 28.8 Å². The molecule has 3 aromatic rings. The van der Waals surface area contributed by atoms with E-state index in [1.165, 1.54) is 5.56 Å². The maximum atomic E-state index is 13.0. The van der Waals surface area contributed by atoms with Crippen molar-refractivity contribution < 1.29 is 18.8 Å². The van der Waals surface area contributed by atoms with Gasteiger partial charge >= 0.3 is 6.03 Å². The Hall–Kier alpha value is -3.81. The Morgan fingerprint density at radius 1 is 1.12 bits per heavy atom. The molecule has 0 aliphatic carbocycles. The Morgan fingerprint density at radius 3 is 2.62 bits per heavy atom. The molecule has 34 heavy (non-hydrogen) atoms. The Balaban J connectivity index is 1.57. The average molecular weight is 461 g/mol. The zero-order valence-corrected chi connectivity index (χ0v) is 19.8. The topological polar surface area (TPSA) is 89.7 Å². The Labute approximate surface area is 198 Å². The molecule has 1 unspecified atom stereocenters. The van der Waals surface area contributed by atoms with Crippen molar-refractivity contribution in [1.29, 1.82) is 0 Å². The van der Waals surface area contributed by atoms with Gasteiger partial charge in [0.05, 0.1) is 11.6 Å². The summed E-state index contributed by atoms with van der Waals surface area (Å²) in [5.74, 6) is 2.47. The molecule has 0 spiro atoms. The summed E-state index contributed by atoms with van der Waals surface area (Å²) in [6, 6.07) is 13.3. The second-order valence-corrected chi connectivity index (χ2v) is 8.97. The van der Waals surface area contributed by atoms with Gasteiger partial charge in [0.1, 0.15) is 0 Å². The summed E-state index contributed by atoms with van der Waals surface area (Å²) in [7, 11) is 0. The van der Waals surface area contributed by atoms with Crippen molar-refractivity contribution in [2.75, 3.05) is 13.3 Å². The first-order valence-electron chi connectivity index (χ1n) is 11.6. The number of allylic oxidation sites excluding steroid dienone is 1. The maximum Gasteiger partial charge on any atom is 0.322 e. The highest BCUT2D eigenvalue weighted by Crippen LogP contribution is 2.39. The summed E-state index contributed by atoms with van der Waals surface area (Å²) >= 11 is 0. The molecule has 1 aromatic heterocycles. The van der Waals surface area contributed by atoms with E-state index < -0.39 is 6.04 Å². The summed E-state index contributed by atoms with van der Waals surface area (Å²) in [4.78, 5) is 19.5. The van der Waals surface area contributed by atoms with Crippen LogP contribution in [0.25, 0.3) is 17.0 Å². The number of rotatable bonds is 6. The fraction of sp³-hybridized carbons (Fsp3) is 0.346. The summed E-state index contributed by atoms with van der Waals surface area (Å²) in [6.45, 7) is 9.01. The molecular formula is C26H28N4O4. The minimum Gasteiger partial charge on any atom is -0.454 e. The van der Waals surface area contributed by atoms with Gasteiger partial charge in [0.25, 0.3) is 5.89 Å². The fourth-order valence-electron chi connectivity index (χ4n) is 4.32. The van der Waals surface area contributed by atoms with E-state index in [1.807, 2.05) is 37.3 Å². The molecule has 176 valence electrons. The van der Waals surface area contributed by atoms with Crippen LogP contribution in [0.3, 0.4) is 0 Å². The number of nitrogens with one attached hydrogen (secondary N) is 1. The largest absolute Gasteiger partial charge is 0.454 e. The van der Waals surface area contributed by atoms with E-state index in [0.29, 0.717) is 35.7 Å². The van der Waals surface area contributed by atoms with Crippen LogP contribution in [-0.2, 0) is 6.42 Å². The van der Waals surface area contributed by atoms with Gasteiger partial charge in [-0.05, 0) is 48.6 Å². The third-order valence-electron chi connectivity index (χ3n) is 6.15. The first-order chi connectivity index (χ1) is 16.4. The van der Waals surface area contributed by atoms with Crippen LogP contribution in [-0.4, -0.2) is 34.4 Å². The number of carbonyl (C=O) groups is 1. The molecule has 5 rings (SSSR count). The van der Waals surface area contributed by atoms with E-state index in [9.17, 15) is 4.79 Å². The van der Waals surface area contributed by atoms with Crippen LogP contribution < -0.4 is 14.8 Å². The van der Waals surface area contributed by atoms with Crippen LogP contribution in [0, 0.1) is 5.92 Å². The lowest BCUT2D eigenvalue weighted by Crippen LogP contribution is -2.47. The molecule has 0 saturated heterocycles. The van der Waals surface area contributed by atoms with Gasteiger partial charge in [-0.2, -0.15) is 4.98 Å². The van der Waals surface area contributed by atoms with E-state index in [2.05, 4.69) is 43.4 Å². The Morgan fingerprint density at radius 2 is 1.88 bits per heavy atom. The van der Waals surface area contributed by atoms with Gasteiger partial charge in [0.2, 0.25) is 12.6 Å². The minimum atomic E-state index is -0.396. The zero-order valence-electron chi connectivity index (χ0n) is 19.8. The average Bonchev–Trinajstić information content (AvgIpc) is 3.50. The highest BCUT2D eigenvalue weighted by Gasteiger charge is 2.36. The molecule has 2 aromatic carbocycles. The van der Waals surface area contributed by atoms with Crippen LogP contribution >= 0.6 is 0 Å². The predicted octanol–water partition coefficient (Wildman–Crippen LogP) is 5.18. The van der Waals surface area contributed by atoms with Gasteiger partial charge in [-0.25, -0.2) is 4.79 Å². The van der Waals surface area contributed by atoms with Gasteiger partial charge in [0, 0.05) is 17.8 Å². The lowest BCUT2D eigenvalue weighted by molar-refractivity contribution is 0.174. The second-order valence-electron chi connectivity index (χ2n) is 8.97. The number of aryl methyl sites for hydroxylation is 1. The van der Waals surface area contributed by atoms with Crippen molar-refractivity contribution in [3.8, 4) is 22.9 Å². The molecule has 0 bridgehead atoms. The number of carbonyl (C=O) groups excluding carboxylic acids is 1. The zero-order chi connectivity index (χ0) is 23.8. The van der Waals surface area contributed by atoms with Crippen molar-refractivity contribution in [2.24, 2.45) is 5.92 Å². The van der Waals surface area contributed by atoms with Crippen molar-refractivity contribution in [3.63, 3.8) is 0 Å². The van der Waals surface area contributed by atoms with E-state index in [-0.39, 0.29) is 12.8 Å². The van der Waals surface area contributed by atoms with E-state index in [4.69, 9.17) is 19.0 Å². The number of fused-ring (bicyclic) bond motifs is 1. The molecule has 2 amide bonds. The van der Waals surface area contributed by atoms with Crippen LogP contribution in [0.1, 0.15) is 50.8 Å². The number of hydrogen-bond acceptors (Lipinski definition) is 6. The molecular weight excluding hydrogens is 432 g/mol. The normalized spacial score (nSPS) is 17.5. The molecule has 3 heterocycles. The molecule has 2 aliphatic rings. The second kappa shape index (κ2) is 8.85. The number of aromatic nitrogens is 2. The highest BCUT2D eigenvalue weighted by atomic mass is 16.7. The molecule has 1 N–H and O–H groups in total. The van der Waals surface area contributed by atoms with Crippen molar-refractivity contribution in [2.45, 2.75) is 40.2 Å². The summed E-state index contributed by atoms with van der Waals surface area (Å²) in [5, 5.41) is 7.39. The summed E-state index contributed by atoms with van der Waals surface area (Å²) < 4.78 is 16.6. The van der Waals surface area contributed by atoms with Crippen molar-refractivity contribution >= 4 is 11.6 Å². The predicted molar refractivity (Wildman–Crippen MR) is 127 cm³/mol. The van der Waals surface area contributed by atoms with Gasteiger partial charge < -0.3 is 19.3 Å². The van der Waals surface area contributed by atoms with Crippen LogP contribution in [0.5, 0.6) is 11.5 Å². The first-order valence-corrected chi connectivity index (χ1v) is 11.6. The number of nitrogens with zero attached hydrogens (tertiary/aromatic N) is 3. The van der Waals surface area contributed by atoms with Crippen molar-refractivity contribution in [3.05, 3.63) is 65.2 Å². The molecule has 0 fully saturated rings. The number of hydrogen-bond donors (Lipinski definition) is 1. The first kappa shape index (κ1) is 22.0. The number of ether oxygens (including phenoxy) is 2. The monoisotopic (exact) mass is 460 g/mol. The highest BCUT2D eigenvalue weighted by molar-refractivity contribution is 5.87. The third-order valence-corrected chi connectivity index (χ3v) is 6.15. The van der Waals surface area contributed by atoms with Gasteiger partial charge in [-0.1, -0.05) is 50.2 Å². The maximum absolute atomic E-state index is 13.0. The van der Waals surface area contributed by atoms with Crippen LogP contribution in [0.4, 0.5) is 4.79 Å². The minimum absolute atomic E-state index is 0.130. The molecule has 8 nitrogen and oxygen atoms in total. The lowest BCUT2D eigenvalue weighted by Gasteiger charge is -2.36. The third kappa shape index (κ3) is 4.00. The smallest absolute Gasteiger partial charge is 0.322 e. The van der Waals surface area contributed by atoms with Gasteiger partial charge in [0.15, 0.2) is 11.5 Å². The standard InChI is InChI=1S/C26H28N4O4/c1-5-17-6-8-18(9-7-17)23-22(16(4)30(13-15(2)3)26(31)27-23)25-28-24(29-34-25)19-10-11-20-21(12-19)33-14-32-20/h6-12,15,23H,5,13-14H2,1-4H3,(H,27,31). The Kier molecular flexibility index (Phi) is 5.73. The lowest BCUT2D eigenvalue weighted by atomic mass is 9.93. The summed E-state index contributed by atoms with van der Waals surface area (Å²) in [6.07, 6.45) is 0.948. The van der Waals surface area contributed by atoms with Crippen molar-refractivity contribution in [1.82, 2.24) is 20.4 Å². The molecule has 0 saturated carbocycles. The van der Waals surface area contributed by atoms with Gasteiger partial charge in [-0.3, -0.25) is 4.90 Å². The molecule has 8 heteroatoms. The Bertz CT molecular complexity index is 1250. The number of benzene rings is 2.